The number of carbonyl (C=O) groups excluding carboxylic acids is 1. The fraction of sp³-hybridized carbons (Fsp3) is 0.867. The Morgan fingerprint density at radius 2 is 1.90 bits per heavy atom. The van der Waals surface area contributed by atoms with Crippen molar-refractivity contribution in [3.8, 4) is 0 Å². The molecule has 1 amide bonds. The lowest BCUT2D eigenvalue weighted by Crippen LogP contribution is -2.36. The van der Waals surface area contributed by atoms with Gasteiger partial charge in [-0.15, -0.1) is 0 Å². The zero-order valence-corrected chi connectivity index (χ0v) is 12.5. The van der Waals surface area contributed by atoms with Gasteiger partial charge in [-0.25, -0.2) is 8.78 Å². The summed E-state index contributed by atoms with van der Waals surface area (Å²) in [5.41, 5.74) is 0. The van der Waals surface area contributed by atoms with Gasteiger partial charge in [0, 0.05) is 31.7 Å². The molecule has 1 rings (SSSR count). The van der Waals surface area contributed by atoms with E-state index in [1.807, 2.05) is 6.92 Å². The molecule has 0 saturated heterocycles. The number of halogens is 2. The fourth-order valence-electron chi connectivity index (χ4n) is 2.73. The van der Waals surface area contributed by atoms with Crippen molar-refractivity contribution in [2.24, 2.45) is 11.8 Å². The number of carboxylic acids is 1. The molecule has 1 aliphatic carbocycles. The third kappa shape index (κ3) is 6.87. The minimum absolute atomic E-state index is 0.140. The second-order valence-electron chi connectivity index (χ2n) is 5.92. The third-order valence-electron chi connectivity index (χ3n) is 4.28. The number of rotatable bonds is 8. The zero-order chi connectivity index (χ0) is 15.9. The normalized spacial score (nSPS) is 20.0. The summed E-state index contributed by atoms with van der Waals surface area (Å²) in [6.07, 6.45) is 2.44. The van der Waals surface area contributed by atoms with Crippen LogP contribution >= 0.6 is 0 Å². The molecule has 1 unspecified atom stereocenters. The van der Waals surface area contributed by atoms with Crippen molar-refractivity contribution in [1.29, 1.82) is 0 Å². The maximum absolute atomic E-state index is 13.0. The monoisotopic (exact) mass is 305 g/mol. The van der Waals surface area contributed by atoms with Crippen molar-refractivity contribution in [3.63, 3.8) is 0 Å². The highest BCUT2D eigenvalue weighted by atomic mass is 19.3. The molecule has 0 aromatic carbocycles. The van der Waals surface area contributed by atoms with Gasteiger partial charge >= 0.3 is 5.97 Å². The Labute approximate surface area is 124 Å². The van der Waals surface area contributed by atoms with Crippen LogP contribution in [0, 0.1) is 11.8 Å². The highest BCUT2D eigenvalue weighted by Gasteiger charge is 2.37. The quantitative estimate of drug-likeness (QED) is 0.723. The number of aliphatic carboxylic acids is 1. The zero-order valence-electron chi connectivity index (χ0n) is 12.5. The van der Waals surface area contributed by atoms with Gasteiger partial charge in [-0.2, -0.15) is 0 Å². The van der Waals surface area contributed by atoms with Crippen molar-refractivity contribution in [2.45, 2.75) is 64.2 Å². The van der Waals surface area contributed by atoms with Crippen molar-refractivity contribution in [2.75, 3.05) is 6.54 Å². The van der Waals surface area contributed by atoms with Crippen LogP contribution in [0.3, 0.4) is 0 Å². The van der Waals surface area contributed by atoms with E-state index in [4.69, 9.17) is 5.11 Å². The average molecular weight is 305 g/mol. The van der Waals surface area contributed by atoms with Crippen LogP contribution in [0.15, 0.2) is 0 Å². The smallest absolute Gasteiger partial charge is 0.303 e. The van der Waals surface area contributed by atoms with Gasteiger partial charge in [0.2, 0.25) is 11.8 Å². The van der Waals surface area contributed by atoms with Crippen LogP contribution in [0.5, 0.6) is 0 Å². The number of carboxylic acid groups (broad SMARTS) is 1. The maximum Gasteiger partial charge on any atom is 0.303 e. The maximum atomic E-state index is 13.0. The largest absolute Gasteiger partial charge is 0.481 e. The number of alkyl halides is 2. The molecule has 0 bridgehead atoms. The molecule has 1 aliphatic rings. The molecular formula is C15H25F2NO3. The average Bonchev–Trinajstić information content (AvgIpc) is 2.42. The number of amides is 1. The Morgan fingerprint density at radius 1 is 1.29 bits per heavy atom. The summed E-state index contributed by atoms with van der Waals surface area (Å²) >= 11 is 0. The molecule has 1 fully saturated rings. The number of carbonyl (C=O) groups is 2. The summed E-state index contributed by atoms with van der Waals surface area (Å²) in [6.45, 7) is 2.49. The van der Waals surface area contributed by atoms with Crippen LogP contribution in [0.25, 0.3) is 0 Å². The summed E-state index contributed by atoms with van der Waals surface area (Å²) in [4.78, 5) is 22.4. The lowest BCUT2D eigenvalue weighted by atomic mass is 9.86. The fourth-order valence-corrected chi connectivity index (χ4v) is 2.73. The van der Waals surface area contributed by atoms with Gasteiger partial charge in [0.25, 0.3) is 0 Å². The Hall–Kier alpha value is -1.20. The third-order valence-corrected chi connectivity index (χ3v) is 4.28. The summed E-state index contributed by atoms with van der Waals surface area (Å²) < 4.78 is 26.0. The summed E-state index contributed by atoms with van der Waals surface area (Å²) in [7, 11) is 0. The Kier molecular flexibility index (Phi) is 7.05. The molecule has 4 nitrogen and oxygen atoms in total. The first kappa shape index (κ1) is 17.9. The van der Waals surface area contributed by atoms with E-state index in [2.05, 4.69) is 5.32 Å². The molecule has 2 N–H and O–H groups in total. The molecule has 0 aromatic heterocycles. The van der Waals surface area contributed by atoms with Crippen molar-refractivity contribution >= 4 is 11.9 Å². The number of hydrogen-bond acceptors (Lipinski definition) is 2. The molecule has 0 heterocycles. The molecule has 1 saturated carbocycles. The van der Waals surface area contributed by atoms with Crippen molar-refractivity contribution < 1.29 is 23.5 Å². The Balaban J connectivity index is 2.22. The van der Waals surface area contributed by atoms with Gasteiger partial charge in [0.15, 0.2) is 0 Å². The SMILES string of the molecule is CCC(CCNC(=O)C1CCC(F)(F)CC1)CCC(=O)O. The lowest BCUT2D eigenvalue weighted by Gasteiger charge is -2.27. The molecule has 122 valence electrons. The summed E-state index contributed by atoms with van der Waals surface area (Å²) in [5, 5.41) is 11.5. The lowest BCUT2D eigenvalue weighted by molar-refractivity contribution is -0.137. The van der Waals surface area contributed by atoms with E-state index in [-0.39, 0.29) is 49.8 Å². The van der Waals surface area contributed by atoms with Crippen molar-refractivity contribution in [1.82, 2.24) is 5.32 Å². The summed E-state index contributed by atoms with van der Waals surface area (Å²) in [5.74, 6) is -3.58. The van der Waals surface area contributed by atoms with E-state index in [1.165, 1.54) is 0 Å². The topological polar surface area (TPSA) is 66.4 Å². The second-order valence-corrected chi connectivity index (χ2v) is 5.92. The van der Waals surface area contributed by atoms with Gasteiger partial charge in [0.05, 0.1) is 0 Å². The molecule has 21 heavy (non-hydrogen) atoms. The second kappa shape index (κ2) is 8.29. The molecule has 0 aliphatic heterocycles. The summed E-state index contributed by atoms with van der Waals surface area (Å²) in [6, 6.07) is 0. The van der Waals surface area contributed by atoms with Crippen LogP contribution in [-0.2, 0) is 9.59 Å². The minimum atomic E-state index is -2.61. The molecule has 0 spiro atoms. The standard InChI is InChI=1S/C15H25F2NO3/c1-2-11(3-4-13(19)20)7-10-18-14(21)12-5-8-15(16,17)9-6-12/h11-12H,2-10H2,1H3,(H,18,21)(H,19,20). The van der Waals surface area contributed by atoms with Gasteiger partial charge in [-0.3, -0.25) is 9.59 Å². The predicted octanol–water partition coefficient (Wildman–Crippen LogP) is 3.21. The van der Waals surface area contributed by atoms with Crippen LogP contribution in [0.4, 0.5) is 8.78 Å². The van der Waals surface area contributed by atoms with E-state index in [0.29, 0.717) is 13.0 Å². The highest BCUT2D eigenvalue weighted by Crippen LogP contribution is 2.36. The van der Waals surface area contributed by atoms with Gasteiger partial charge in [-0.1, -0.05) is 13.3 Å². The first-order valence-corrected chi connectivity index (χ1v) is 7.71. The first-order chi connectivity index (χ1) is 9.84. The van der Waals surface area contributed by atoms with Gasteiger partial charge in [-0.05, 0) is 31.6 Å². The molecule has 1 atom stereocenters. The number of nitrogens with one attached hydrogen (secondary N) is 1. The van der Waals surface area contributed by atoms with Crippen LogP contribution in [0.2, 0.25) is 0 Å². The highest BCUT2D eigenvalue weighted by molar-refractivity contribution is 5.78. The molecule has 0 aromatic rings. The van der Waals surface area contributed by atoms with Gasteiger partial charge < -0.3 is 10.4 Å². The van der Waals surface area contributed by atoms with E-state index >= 15 is 0 Å². The van der Waals surface area contributed by atoms with Crippen molar-refractivity contribution in [3.05, 3.63) is 0 Å². The minimum Gasteiger partial charge on any atom is -0.481 e. The van der Waals surface area contributed by atoms with E-state index in [1.54, 1.807) is 0 Å². The Bertz CT molecular complexity index is 351. The predicted molar refractivity (Wildman–Crippen MR) is 75.2 cm³/mol. The van der Waals surface area contributed by atoms with Crippen LogP contribution < -0.4 is 5.32 Å². The molecule has 6 heteroatoms. The van der Waals surface area contributed by atoms with Crippen LogP contribution in [-0.4, -0.2) is 29.5 Å². The van der Waals surface area contributed by atoms with E-state index in [9.17, 15) is 18.4 Å². The van der Waals surface area contributed by atoms with E-state index < -0.39 is 11.9 Å². The number of hydrogen-bond donors (Lipinski definition) is 2. The first-order valence-electron chi connectivity index (χ1n) is 7.71. The van der Waals surface area contributed by atoms with Gasteiger partial charge in [0.1, 0.15) is 0 Å². The molecule has 0 radical (unpaired) electrons. The molecular weight excluding hydrogens is 280 g/mol. The van der Waals surface area contributed by atoms with Crippen LogP contribution in [0.1, 0.15) is 58.3 Å². The Morgan fingerprint density at radius 3 is 2.43 bits per heavy atom. The van der Waals surface area contributed by atoms with E-state index in [0.717, 1.165) is 12.8 Å².